The summed E-state index contributed by atoms with van der Waals surface area (Å²) < 4.78 is 10.8. The molecule has 5 N–H and O–H groups in total. The van der Waals surface area contributed by atoms with Gasteiger partial charge in [0.25, 0.3) is 0 Å². The molecule has 0 aromatic rings. The molecule has 13 heteroatoms. The first-order valence-electron chi connectivity index (χ1n) is 13.7. The Morgan fingerprint density at radius 2 is 1.39 bits per heavy atom. The van der Waals surface area contributed by atoms with Gasteiger partial charge < -0.3 is 36.1 Å². The fourth-order valence-corrected chi connectivity index (χ4v) is 6.05. The number of thiol groups is 1. The number of hydrogen-bond acceptors (Lipinski definition) is 8. The Morgan fingerprint density at radius 1 is 0.789 bits per heavy atom. The molecule has 0 unspecified atom stereocenters. The van der Waals surface area contributed by atoms with E-state index in [1.807, 2.05) is 11.8 Å². The minimum atomic E-state index is -0.0604. The van der Waals surface area contributed by atoms with Gasteiger partial charge in [-0.05, 0) is 31.4 Å². The molecule has 2 aliphatic rings. The van der Waals surface area contributed by atoms with Crippen LogP contribution in [0.5, 0.6) is 0 Å². The largest absolute Gasteiger partial charge is 0.377 e. The molecule has 0 aromatic heterocycles. The summed E-state index contributed by atoms with van der Waals surface area (Å²) >= 11 is 5.90. The van der Waals surface area contributed by atoms with Crippen molar-refractivity contribution in [3.8, 4) is 0 Å². The van der Waals surface area contributed by atoms with Crippen molar-refractivity contribution in [1.82, 2.24) is 26.6 Å². The Morgan fingerprint density at radius 3 is 2.05 bits per heavy atom. The van der Waals surface area contributed by atoms with Gasteiger partial charge in [-0.3, -0.25) is 14.4 Å². The monoisotopic (exact) mass is 575 g/mol. The molecule has 2 aliphatic heterocycles. The van der Waals surface area contributed by atoms with E-state index in [2.05, 4.69) is 39.2 Å². The number of nitrogens with one attached hydrogen (secondary N) is 5. The van der Waals surface area contributed by atoms with Crippen molar-refractivity contribution in [3.05, 3.63) is 0 Å². The van der Waals surface area contributed by atoms with E-state index in [0.29, 0.717) is 76.3 Å². The van der Waals surface area contributed by atoms with E-state index in [4.69, 9.17) is 9.47 Å². The Kier molecular flexibility index (Phi) is 17.3. The van der Waals surface area contributed by atoms with Crippen LogP contribution in [0.4, 0.5) is 4.79 Å². The third-order valence-electron chi connectivity index (χ3n) is 6.33. The van der Waals surface area contributed by atoms with Crippen molar-refractivity contribution in [2.75, 3.05) is 57.6 Å². The molecule has 218 valence electrons. The third-order valence-corrected chi connectivity index (χ3v) is 8.06. The Hall–Kier alpha value is -1.70. The lowest BCUT2D eigenvalue weighted by Crippen LogP contribution is -2.36. The van der Waals surface area contributed by atoms with Gasteiger partial charge >= 0.3 is 6.03 Å². The van der Waals surface area contributed by atoms with Gasteiger partial charge in [0.1, 0.15) is 0 Å². The van der Waals surface area contributed by atoms with Crippen LogP contribution in [-0.4, -0.2) is 98.7 Å². The minimum absolute atomic E-state index is 0.00513. The number of carbonyl (C=O) groups excluding carboxylic acids is 4. The summed E-state index contributed by atoms with van der Waals surface area (Å²) in [5, 5.41) is 14.9. The first-order chi connectivity index (χ1) is 18.5. The highest BCUT2D eigenvalue weighted by atomic mass is 32.2. The summed E-state index contributed by atoms with van der Waals surface area (Å²) in [5.41, 5.74) is 0. The second-order valence-corrected chi connectivity index (χ2v) is 11.1. The summed E-state index contributed by atoms with van der Waals surface area (Å²) in [6.07, 6.45) is 6.78. The lowest BCUT2D eigenvalue weighted by atomic mass is 10.0. The highest BCUT2D eigenvalue weighted by Gasteiger charge is 2.42. The van der Waals surface area contributed by atoms with Gasteiger partial charge in [0.2, 0.25) is 17.7 Å². The van der Waals surface area contributed by atoms with Crippen LogP contribution in [0.3, 0.4) is 0 Å². The van der Waals surface area contributed by atoms with Gasteiger partial charge in [-0.1, -0.05) is 12.8 Å². The smallest absolute Gasteiger partial charge is 0.315 e. The van der Waals surface area contributed by atoms with E-state index in [-0.39, 0.29) is 35.8 Å². The molecular formula is C25H45N5O6S2. The van der Waals surface area contributed by atoms with Crippen LogP contribution in [0.1, 0.15) is 57.8 Å². The maximum Gasteiger partial charge on any atom is 0.315 e. The van der Waals surface area contributed by atoms with E-state index in [0.717, 1.165) is 44.3 Å². The number of urea groups is 1. The topological polar surface area (TPSA) is 147 Å². The molecule has 2 rings (SSSR count). The Labute approximate surface area is 235 Å². The number of thioether (sulfide) groups is 1. The van der Waals surface area contributed by atoms with Crippen LogP contribution in [0, 0.1) is 0 Å². The van der Waals surface area contributed by atoms with Crippen LogP contribution < -0.4 is 26.6 Å². The van der Waals surface area contributed by atoms with Crippen molar-refractivity contribution in [3.63, 3.8) is 0 Å². The van der Waals surface area contributed by atoms with Crippen LogP contribution in [-0.2, 0) is 23.9 Å². The molecule has 11 nitrogen and oxygen atoms in total. The summed E-state index contributed by atoms with van der Waals surface area (Å²) in [5.74, 6) is 1.55. The fraction of sp³-hybridized carbons (Fsp3) is 0.840. The van der Waals surface area contributed by atoms with Crippen LogP contribution in [0.2, 0.25) is 0 Å². The normalized spacial score (nSPS) is 19.9. The molecule has 0 spiro atoms. The van der Waals surface area contributed by atoms with Crippen LogP contribution >= 0.6 is 24.4 Å². The molecule has 2 fully saturated rings. The minimum Gasteiger partial charge on any atom is -0.377 e. The number of fused-ring (bicyclic) bond motifs is 1. The molecule has 2 heterocycles. The van der Waals surface area contributed by atoms with E-state index in [1.165, 1.54) is 0 Å². The number of hydrogen-bond donors (Lipinski definition) is 6. The first kappa shape index (κ1) is 32.5. The molecule has 2 saturated heterocycles. The van der Waals surface area contributed by atoms with Gasteiger partial charge in [0.05, 0.1) is 38.5 Å². The van der Waals surface area contributed by atoms with E-state index >= 15 is 0 Å². The number of amides is 5. The standard InChI is InChI=1S/C25H45N5O6S2/c31-21(8-4-3-6-20-24-19(18-38-20)29-25(34)30-24)26-10-5-1-2-7-22(32)27-11-13-35-15-16-36-14-12-28-23(33)9-17-37/h19-20,24,37H,1-18H2,(H,26,31)(H,27,32)(H,28,33)(H2,29,30,34)/t19-,20-,24-/m0/s1. The van der Waals surface area contributed by atoms with Crippen LogP contribution in [0.15, 0.2) is 0 Å². The summed E-state index contributed by atoms with van der Waals surface area (Å²) in [7, 11) is 0. The molecule has 0 radical (unpaired) electrons. The summed E-state index contributed by atoms with van der Waals surface area (Å²) in [6.45, 7) is 3.30. The van der Waals surface area contributed by atoms with E-state index < -0.39 is 0 Å². The quantitative estimate of drug-likeness (QED) is 0.0641. The van der Waals surface area contributed by atoms with E-state index in [1.54, 1.807) is 0 Å². The number of rotatable bonds is 22. The molecule has 3 atom stereocenters. The molecule has 0 saturated carbocycles. The van der Waals surface area contributed by atoms with Crippen molar-refractivity contribution in [2.24, 2.45) is 0 Å². The second-order valence-electron chi connectivity index (χ2n) is 9.43. The highest BCUT2D eigenvalue weighted by molar-refractivity contribution is 8.00. The first-order valence-corrected chi connectivity index (χ1v) is 15.4. The van der Waals surface area contributed by atoms with Crippen LogP contribution in [0.25, 0.3) is 0 Å². The maximum atomic E-state index is 12.0. The predicted octanol–water partition coefficient (Wildman–Crippen LogP) is 0.974. The van der Waals surface area contributed by atoms with Crippen molar-refractivity contribution in [2.45, 2.75) is 75.1 Å². The lowest BCUT2D eigenvalue weighted by Gasteiger charge is -2.16. The fourth-order valence-electron chi connectivity index (χ4n) is 4.30. The molecular weight excluding hydrogens is 530 g/mol. The molecule has 0 aromatic carbocycles. The highest BCUT2D eigenvalue weighted by Crippen LogP contribution is 2.33. The summed E-state index contributed by atoms with van der Waals surface area (Å²) in [6, 6.07) is 0.414. The molecule has 0 aliphatic carbocycles. The number of carbonyl (C=O) groups is 4. The van der Waals surface area contributed by atoms with Gasteiger partial charge in [-0.15, -0.1) is 0 Å². The van der Waals surface area contributed by atoms with Gasteiger partial charge in [0.15, 0.2) is 0 Å². The van der Waals surface area contributed by atoms with Gasteiger partial charge in [-0.25, -0.2) is 4.79 Å². The zero-order chi connectivity index (χ0) is 27.4. The predicted molar refractivity (Wildman–Crippen MR) is 152 cm³/mol. The van der Waals surface area contributed by atoms with Crippen molar-refractivity contribution in [1.29, 1.82) is 0 Å². The number of ether oxygens (including phenoxy) is 2. The average Bonchev–Trinajstić information content (AvgIpc) is 3.44. The lowest BCUT2D eigenvalue weighted by molar-refractivity contribution is -0.122. The van der Waals surface area contributed by atoms with Crippen molar-refractivity contribution >= 4 is 48.1 Å². The average molecular weight is 576 g/mol. The molecule has 38 heavy (non-hydrogen) atoms. The van der Waals surface area contributed by atoms with E-state index in [9.17, 15) is 19.2 Å². The zero-order valence-electron chi connectivity index (χ0n) is 22.3. The molecule has 0 bridgehead atoms. The summed E-state index contributed by atoms with van der Waals surface area (Å²) in [4.78, 5) is 46.6. The SMILES string of the molecule is O=C(CCS)NCCOCCOCCNC(=O)CCCCCNC(=O)CCCC[C@@H]1SC[C@@H]2NC(=O)N[C@@H]21. The second kappa shape index (κ2) is 20.2. The Balaban J connectivity index is 1.29. The van der Waals surface area contributed by atoms with Gasteiger partial charge in [-0.2, -0.15) is 24.4 Å². The molecule has 5 amide bonds. The maximum absolute atomic E-state index is 12.0. The van der Waals surface area contributed by atoms with Gasteiger partial charge in [0, 0.05) is 49.9 Å². The number of unbranched alkanes of at least 4 members (excludes halogenated alkanes) is 3. The van der Waals surface area contributed by atoms with Crippen molar-refractivity contribution < 1.29 is 28.7 Å². The zero-order valence-corrected chi connectivity index (χ0v) is 24.0. The third kappa shape index (κ3) is 14.5. The Bertz CT molecular complexity index is 732.